The number of unbranched alkanes of at least 4 members (excludes halogenated alkanes) is 1. The van der Waals surface area contributed by atoms with Gasteiger partial charge in [0, 0.05) is 25.7 Å². The van der Waals surface area contributed by atoms with Crippen molar-refractivity contribution in [3.05, 3.63) is 0 Å². The van der Waals surface area contributed by atoms with Crippen molar-refractivity contribution >= 4 is 0 Å². The van der Waals surface area contributed by atoms with Crippen LogP contribution in [0.1, 0.15) is 39.5 Å². The molecule has 0 spiro atoms. The highest BCUT2D eigenvalue weighted by atomic mass is 16.5. The third kappa shape index (κ3) is 6.69. The average Bonchev–Trinajstić information content (AvgIpc) is 2.88. The van der Waals surface area contributed by atoms with Gasteiger partial charge in [-0.05, 0) is 39.3 Å². The van der Waals surface area contributed by atoms with Crippen LogP contribution in [-0.4, -0.2) is 61.5 Å². The number of hydrogen-bond acceptors (Lipinski definition) is 4. The summed E-state index contributed by atoms with van der Waals surface area (Å²) in [5.41, 5.74) is 0. The normalized spacial score (nSPS) is 20.2. The van der Waals surface area contributed by atoms with Crippen LogP contribution < -0.4 is 5.32 Å². The number of nitrogens with one attached hydrogen (secondary N) is 1. The number of ether oxygens (including phenoxy) is 1. The number of nitrogens with zero attached hydrogens (tertiary/aromatic N) is 1. The van der Waals surface area contributed by atoms with E-state index in [1.54, 1.807) is 0 Å². The molecule has 0 aromatic carbocycles. The molecule has 1 fully saturated rings. The summed E-state index contributed by atoms with van der Waals surface area (Å²) < 4.78 is 5.39. The molecule has 1 aliphatic rings. The second-order valence-electron chi connectivity index (χ2n) is 5.33. The largest absolute Gasteiger partial charge is 0.389 e. The van der Waals surface area contributed by atoms with Crippen LogP contribution in [-0.2, 0) is 4.74 Å². The van der Waals surface area contributed by atoms with Crippen molar-refractivity contribution in [1.29, 1.82) is 0 Å². The molecular weight excluding hydrogens is 228 g/mol. The van der Waals surface area contributed by atoms with Gasteiger partial charge in [-0.3, -0.25) is 4.90 Å². The molecule has 1 saturated heterocycles. The Hall–Kier alpha value is -0.160. The lowest BCUT2D eigenvalue weighted by Crippen LogP contribution is -2.41. The zero-order chi connectivity index (χ0) is 13.2. The van der Waals surface area contributed by atoms with E-state index in [-0.39, 0.29) is 6.10 Å². The predicted octanol–water partition coefficient (Wildman–Crippen LogP) is 1.24. The molecular formula is C14H30N2O2. The summed E-state index contributed by atoms with van der Waals surface area (Å²) in [6.45, 7) is 9.64. The van der Waals surface area contributed by atoms with Crippen LogP contribution in [0.25, 0.3) is 0 Å². The molecule has 0 radical (unpaired) electrons. The van der Waals surface area contributed by atoms with Crippen molar-refractivity contribution in [2.75, 3.05) is 39.4 Å². The van der Waals surface area contributed by atoms with Crippen molar-refractivity contribution in [3.63, 3.8) is 0 Å². The van der Waals surface area contributed by atoms with Crippen LogP contribution in [0.15, 0.2) is 0 Å². The van der Waals surface area contributed by atoms with E-state index in [0.29, 0.717) is 19.2 Å². The fourth-order valence-electron chi connectivity index (χ4n) is 2.29. The maximum absolute atomic E-state index is 9.73. The summed E-state index contributed by atoms with van der Waals surface area (Å²) in [7, 11) is 0. The van der Waals surface area contributed by atoms with Crippen molar-refractivity contribution in [1.82, 2.24) is 10.2 Å². The molecule has 2 N–H and O–H groups in total. The fourth-order valence-corrected chi connectivity index (χ4v) is 2.29. The Morgan fingerprint density at radius 1 is 1.28 bits per heavy atom. The fraction of sp³-hybridized carbons (Fsp3) is 1.00. The van der Waals surface area contributed by atoms with E-state index in [1.807, 2.05) is 0 Å². The molecule has 18 heavy (non-hydrogen) atoms. The molecule has 0 aromatic heterocycles. The molecule has 2 atom stereocenters. The minimum absolute atomic E-state index is 0.382. The third-order valence-electron chi connectivity index (χ3n) is 3.54. The van der Waals surface area contributed by atoms with Crippen LogP contribution in [0.3, 0.4) is 0 Å². The molecule has 0 saturated carbocycles. The first-order chi connectivity index (χ1) is 8.74. The highest BCUT2D eigenvalue weighted by molar-refractivity contribution is 4.75. The maximum atomic E-state index is 9.73. The van der Waals surface area contributed by atoms with Crippen LogP contribution >= 0.6 is 0 Å². The molecule has 1 heterocycles. The SMILES string of the molecule is CCCCOCC(O)CNCC(C)N1CCCC1. The van der Waals surface area contributed by atoms with Crippen LogP contribution in [0.4, 0.5) is 0 Å². The van der Waals surface area contributed by atoms with E-state index in [1.165, 1.54) is 25.9 Å². The highest BCUT2D eigenvalue weighted by Crippen LogP contribution is 2.10. The standard InChI is InChI=1S/C14H30N2O2/c1-3-4-9-18-12-14(17)11-15-10-13(2)16-7-5-6-8-16/h13-15,17H,3-12H2,1-2H3. The number of likely N-dealkylation sites (tertiary alicyclic amines) is 1. The van der Waals surface area contributed by atoms with Gasteiger partial charge in [-0.2, -0.15) is 0 Å². The average molecular weight is 258 g/mol. The first kappa shape index (κ1) is 15.9. The van der Waals surface area contributed by atoms with Gasteiger partial charge < -0.3 is 15.2 Å². The summed E-state index contributed by atoms with van der Waals surface area (Å²) in [4.78, 5) is 2.51. The van der Waals surface area contributed by atoms with Crippen LogP contribution in [0.2, 0.25) is 0 Å². The van der Waals surface area contributed by atoms with Gasteiger partial charge in [0.2, 0.25) is 0 Å². The van der Waals surface area contributed by atoms with Gasteiger partial charge in [-0.15, -0.1) is 0 Å². The number of hydrogen-bond donors (Lipinski definition) is 2. The molecule has 0 aliphatic carbocycles. The lowest BCUT2D eigenvalue weighted by atomic mass is 10.3. The zero-order valence-electron chi connectivity index (χ0n) is 12.0. The maximum Gasteiger partial charge on any atom is 0.0897 e. The van der Waals surface area contributed by atoms with E-state index < -0.39 is 0 Å². The van der Waals surface area contributed by atoms with Crippen molar-refractivity contribution in [2.24, 2.45) is 0 Å². The minimum Gasteiger partial charge on any atom is -0.389 e. The topological polar surface area (TPSA) is 44.7 Å². The van der Waals surface area contributed by atoms with Gasteiger partial charge in [-0.1, -0.05) is 13.3 Å². The minimum atomic E-state index is -0.382. The highest BCUT2D eigenvalue weighted by Gasteiger charge is 2.17. The smallest absolute Gasteiger partial charge is 0.0897 e. The van der Waals surface area contributed by atoms with Crippen LogP contribution in [0, 0.1) is 0 Å². The Labute approximate surface area is 112 Å². The van der Waals surface area contributed by atoms with Crippen molar-refractivity contribution in [3.8, 4) is 0 Å². The summed E-state index contributed by atoms with van der Waals surface area (Å²) in [6.07, 6.45) is 4.50. The van der Waals surface area contributed by atoms with Gasteiger partial charge in [0.15, 0.2) is 0 Å². The van der Waals surface area contributed by atoms with Gasteiger partial charge in [-0.25, -0.2) is 0 Å². The molecule has 2 unspecified atom stereocenters. The predicted molar refractivity (Wildman–Crippen MR) is 74.9 cm³/mol. The number of aliphatic hydroxyl groups excluding tert-OH is 1. The molecule has 4 heteroatoms. The molecule has 4 nitrogen and oxygen atoms in total. The van der Waals surface area contributed by atoms with E-state index in [9.17, 15) is 5.11 Å². The van der Waals surface area contributed by atoms with Gasteiger partial charge in [0.25, 0.3) is 0 Å². The van der Waals surface area contributed by atoms with Crippen molar-refractivity contribution in [2.45, 2.75) is 51.7 Å². The van der Waals surface area contributed by atoms with E-state index >= 15 is 0 Å². The summed E-state index contributed by atoms with van der Waals surface area (Å²) >= 11 is 0. The van der Waals surface area contributed by atoms with Gasteiger partial charge in [0.1, 0.15) is 0 Å². The Bertz CT molecular complexity index is 196. The van der Waals surface area contributed by atoms with Gasteiger partial charge >= 0.3 is 0 Å². The first-order valence-electron chi connectivity index (χ1n) is 7.44. The number of aliphatic hydroxyl groups is 1. The quantitative estimate of drug-likeness (QED) is 0.579. The van der Waals surface area contributed by atoms with E-state index in [4.69, 9.17) is 4.74 Å². The second kappa shape index (κ2) is 9.73. The van der Waals surface area contributed by atoms with E-state index in [0.717, 1.165) is 26.0 Å². The zero-order valence-corrected chi connectivity index (χ0v) is 12.0. The number of rotatable bonds is 10. The monoisotopic (exact) mass is 258 g/mol. The molecule has 0 aromatic rings. The Kier molecular flexibility index (Phi) is 8.59. The molecule has 0 amide bonds. The lowest BCUT2D eigenvalue weighted by Gasteiger charge is -2.24. The van der Waals surface area contributed by atoms with E-state index in [2.05, 4.69) is 24.1 Å². The first-order valence-corrected chi connectivity index (χ1v) is 7.44. The van der Waals surface area contributed by atoms with Gasteiger partial charge in [0.05, 0.1) is 12.7 Å². The van der Waals surface area contributed by atoms with Crippen LogP contribution in [0.5, 0.6) is 0 Å². The molecule has 1 aliphatic heterocycles. The second-order valence-corrected chi connectivity index (χ2v) is 5.33. The lowest BCUT2D eigenvalue weighted by molar-refractivity contribution is 0.0352. The Morgan fingerprint density at radius 3 is 2.67 bits per heavy atom. The molecule has 0 bridgehead atoms. The van der Waals surface area contributed by atoms with Crippen molar-refractivity contribution < 1.29 is 9.84 Å². The third-order valence-corrected chi connectivity index (χ3v) is 3.54. The summed E-state index contributed by atoms with van der Waals surface area (Å²) in [6, 6.07) is 0.570. The Morgan fingerprint density at radius 2 is 2.00 bits per heavy atom. The summed E-state index contributed by atoms with van der Waals surface area (Å²) in [5, 5.41) is 13.1. The Balaban J connectivity index is 1.95. The summed E-state index contributed by atoms with van der Waals surface area (Å²) in [5.74, 6) is 0. The molecule has 1 rings (SSSR count). The molecule has 108 valence electrons.